The maximum atomic E-state index is 6.50. The standard InChI is InChI=1S/C41H31NO.C7H8/c1-2-11-36-37-23-22-34(28-41(37)43-40(36)24-18-29-17-19-30-12-6-7-14-32(30)26-29)33-21-20-31-13-5-3-4-10-25-42-39-16-9-8-15-35(39)38(31)27-33;1-7-5-3-2-4-6-7/h2-28,42H,1H3;2-6H,1H3/b4-3-,11-2+,13-5-,24-18-,25-10+;. The van der Waals surface area contributed by atoms with Gasteiger partial charge in [0.25, 0.3) is 0 Å². The van der Waals surface area contributed by atoms with Gasteiger partial charge in [0.05, 0.1) is 0 Å². The molecule has 2 heterocycles. The largest absolute Gasteiger partial charge is 0.456 e. The molecule has 1 aliphatic heterocycles. The highest BCUT2D eigenvalue weighted by atomic mass is 16.3. The summed E-state index contributed by atoms with van der Waals surface area (Å²) in [5.41, 5.74) is 11.3. The van der Waals surface area contributed by atoms with Gasteiger partial charge in [-0.15, -0.1) is 0 Å². The number of anilines is 1. The van der Waals surface area contributed by atoms with Crippen LogP contribution in [0.5, 0.6) is 0 Å². The number of fused-ring (bicyclic) bond motifs is 5. The first kappa shape index (κ1) is 32.2. The summed E-state index contributed by atoms with van der Waals surface area (Å²) in [5.74, 6) is 0.853. The molecule has 6 aromatic carbocycles. The van der Waals surface area contributed by atoms with Crippen LogP contribution < -0.4 is 5.32 Å². The highest BCUT2D eigenvalue weighted by Gasteiger charge is 2.14. The van der Waals surface area contributed by atoms with Gasteiger partial charge in [0.1, 0.15) is 11.3 Å². The number of aryl methyl sites for hydroxylation is 1. The van der Waals surface area contributed by atoms with E-state index < -0.39 is 0 Å². The van der Waals surface area contributed by atoms with E-state index in [1.54, 1.807) is 0 Å². The lowest BCUT2D eigenvalue weighted by Crippen LogP contribution is -1.93. The summed E-state index contributed by atoms with van der Waals surface area (Å²) in [6.45, 7) is 4.13. The Hall–Kier alpha value is -6.38. The summed E-state index contributed by atoms with van der Waals surface area (Å²) < 4.78 is 6.50. The Balaban J connectivity index is 0.000000501. The summed E-state index contributed by atoms with van der Waals surface area (Å²) in [6.07, 6.45) is 20.7. The molecule has 1 aliphatic rings. The second kappa shape index (κ2) is 15.2. The lowest BCUT2D eigenvalue weighted by Gasteiger charge is -2.14. The van der Waals surface area contributed by atoms with E-state index in [2.05, 4.69) is 164 Å². The molecule has 1 N–H and O–H groups in total. The van der Waals surface area contributed by atoms with Gasteiger partial charge in [0.2, 0.25) is 0 Å². The molecule has 0 aliphatic carbocycles. The molecule has 8 rings (SSSR count). The molecular formula is C48H39NO. The minimum absolute atomic E-state index is 0.853. The van der Waals surface area contributed by atoms with Gasteiger partial charge in [0.15, 0.2) is 0 Å². The van der Waals surface area contributed by atoms with Gasteiger partial charge in [0, 0.05) is 28.4 Å². The third kappa shape index (κ3) is 7.36. The molecule has 50 heavy (non-hydrogen) atoms. The van der Waals surface area contributed by atoms with Crippen molar-refractivity contribution in [3.8, 4) is 22.3 Å². The predicted octanol–water partition coefficient (Wildman–Crippen LogP) is 13.6. The van der Waals surface area contributed by atoms with E-state index in [4.69, 9.17) is 4.42 Å². The zero-order valence-corrected chi connectivity index (χ0v) is 28.4. The maximum absolute atomic E-state index is 6.50. The average Bonchev–Trinajstić information content (AvgIpc) is 3.48. The molecule has 2 nitrogen and oxygen atoms in total. The van der Waals surface area contributed by atoms with Crippen molar-refractivity contribution in [1.29, 1.82) is 0 Å². The van der Waals surface area contributed by atoms with Crippen LogP contribution in [0, 0.1) is 6.92 Å². The Morgan fingerprint density at radius 1 is 0.580 bits per heavy atom. The fourth-order valence-electron chi connectivity index (χ4n) is 6.23. The quantitative estimate of drug-likeness (QED) is 0.206. The summed E-state index contributed by atoms with van der Waals surface area (Å²) in [4.78, 5) is 0. The van der Waals surface area contributed by atoms with Gasteiger partial charge < -0.3 is 9.73 Å². The Labute approximate surface area is 294 Å². The summed E-state index contributed by atoms with van der Waals surface area (Å²) in [7, 11) is 0. The third-order valence-electron chi connectivity index (χ3n) is 8.78. The Morgan fingerprint density at radius 2 is 1.34 bits per heavy atom. The number of hydrogen-bond acceptors (Lipinski definition) is 2. The van der Waals surface area contributed by atoms with Crippen molar-refractivity contribution >= 4 is 51.7 Å². The highest BCUT2D eigenvalue weighted by molar-refractivity contribution is 5.96. The molecule has 0 unspecified atom stereocenters. The average molecular weight is 646 g/mol. The van der Waals surface area contributed by atoms with Gasteiger partial charge in [-0.05, 0) is 94.9 Å². The monoisotopic (exact) mass is 645 g/mol. The van der Waals surface area contributed by atoms with Crippen LogP contribution in [0.15, 0.2) is 174 Å². The van der Waals surface area contributed by atoms with Crippen LogP contribution in [0.1, 0.15) is 34.9 Å². The second-order valence-corrected chi connectivity index (χ2v) is 12.3. The van der Waals surface area contributed by atoms with Crippen LogP contribution in [-0.2, 0) is 0 Å². The lowest BCUT2D eigenvalue weighted by molar-refractivity contribution is 0.604. The zero-order chi connectivity index (χ0) is 34.1. The molecule has 0 amide bonds. The minimum Gasteiger partial charge on any atom is -0.456 e. The van der Waals surface area contributed by atoms with E-state index in [1.165, 1.54) is 27.5 Å². The predicted molar refractivity (Wildman–Crippen MR) is 217 cm³/mol. The number of nitrogens with one attached hydrogen (secondary N) is 1. The first-order valence-electron chi connectivity index (χ1n) is 17.0. The van der Waals surface area contributed by atoms with E-state index in [9.17, 15) is 0 Å². The van der Waals surface area contributed by atoms with E-state index in [1.807, 2.05) is 49.6 Å². The van der Waals surface area contributed by atoms with Crippen LogP contribution in [-0.4, -0.2) is 0 Å². The summed E-state index contributed by atoms with van der Waals surface area (Å²) >= 11 is 0. The maximum Gasteiger partial charge on any atom is 0.136 e. The Morgan fingerprint density at radius 3 is 2.18 bits per heavy atom. The summed E-state index contributed by atoms with van der Waals surface area (Å²) in [6, 6.07) is 46.9. The van der Waals surface area contributed by atoms with Crippen molar-refractivity contribution in [2.24, 2.45) is 0 Å². The zero-order valence-electron chi connectivity index (χ0n) is 28.4. The van der Waals surface area contributed by atoms with E-state index in [-0.39, 0.29) is 0 Å². The van der Waals surface area contributed by atoms with E-state index in [0.717, 1.165) is 50.2 Å². The molecular weight excluding hydrogens is 607 g/mol. The van der Waals surface area contributed by atoms with Crippen molar-refractivity contribution < 1.29 is 4.42 Å². The molecule has 0 radical (unpaired) electrons. The molecule has 0 bridgehead atoms. The number of benzene rings is 6. The van der Waals surface area contributed by atoms with Crippen molar-refractivity contribution in [3.05, 3.63) is 198 Å². The molecule has 7 aromatic rings. The molecule has 242 valence electrons. The Kier molecular flexibility index (Phi) is 9.80. The normalized spacial score (nSPS) is 14.3. The van der Waals surface area contributed by atoms with Gasteiger partial charge in [-0.1, -0.05) is 151 Å². The van der Waals surface area contributed by atoms with Crippen molar-refractivity contribution in [2.45, 2.75) is 13.8 Å². The van der Waals surface area contributed by atoms with Crippen molar-refractivity contribution in [3.63, 3.8) is 0 Å². The van der Waals surface area contributed by atoms with E-state index >= 15 is 0 Å². The molecule has 2 heteroatoms. The van der Waals surface area contributed by atoms with Crippen LogP contribution in [0.4, 0.5) is 5.69 Å². The molecule has 0 spiro atoms. The second-order valence-electron chi connectivity index (χ2n) is 12.3. The lowest BCUT2D eigenvalue weighted by atomic mass is 9.93. The summed E-state index contributed by atoms with van der Waals surface area (Å²) in [5, 5.41) is 7.02. The number of rotatable bonds is 4. The first-order valence-corrected chi connectivity index (χ1v) is 17.0. The Bertz CT molecular complexity index is 2420. The van der Waals surface area contributed by atoms with Crippen LogP contribution in [0.25, 0.3) is 68.3 Å². The SMILES string of the molecule is C/C=C/c1c(/C=C\c2ccc3ccccc3c2)oc2cc(-c3ccc4c(c3)-c3ccccc3N/C=C/C=C\C=C/4)ccc12.Cc1ccccc1. The smallest absolute Gasteiger partial charge is 0.136 e. The third-order valence-corrected chi connectivity index (χ3v) is 8.78. The number of furan rings is 1. The molecule has 1 aromatic heterocycles. The van der Waals surface area contributed by atoms with Crippen molar-refractivity contribution in [1.82, 2.24) is 0 Å². The first-order chi connectivity index (χ1) is 24.7. The molecule has 0 fully saturated rings. The molecule has 0 atom stereocenters. The van der Waals surface area contributed by atoms with Gasteiger partial charge in [-0.25, -0.2) is 0 Å². The minimum atomic E-state index is 0.853. The van der Waals surface area contributed by atoms with Crippen LogP contribution in [0.3, 0.4) is 0 Å². The van der Waals surface area contributed by atoms with Crippen LogP contribution in [0.2, 0.25) is 0 Å². The number of allylic oxidation sites excluding steroid dienone is 5. The fourth-order valence-corrected chi connectivity index (χ4v) is 6.23. The molecule has 0 saturated carbocycles. The van der Waals surface area contributed by atoms with E-state index in [0.29, 0.717) is 0 Å². The number of hydrogen-bond donors (Lipinski definition) is 1. The molecule has 0 saturated heterocycles. The highest BCUT2D eigenvalue weighted by Crippen LogP contribution is 2.37. The topological polar surface area (TPSA) is 25.2 Å². The number of para-hydroxylation sites is 1. The van der Waals surface area contributed by atoms with Gasteiger partial charge in [-0.2, -0.15) is 0 Å². The van der Waals surface area contributed by atoms with Crippen molar-refractivity contribution in [2.75, 3.05) is 5.32 Å². The van der Waals surface area contributed by atoms with Gasteiger partial charge in [-0.3, -0.25) is 0 Å². The van der Waals surface area contributed by atoms with Gasteiger partial charge >= 0.3 is 0 Å². The fraction of sp³-hybridized carbons (Fsp3) is 0.0417. The van der Waals surface area contributed by atoms with Crippen LogP contribution >= 0.6 is 0 Å².